The molecule has 20 heavy (non-hydrogen) atoms. The quantitative estimate of drug-likeness (QED) is 0.526. The van der Waals surface area contributed by atoms with Crippen LogP contribution >= 0.6 is 0 Å². The van der Waals surface area contributed by atoms with Crippen molar-refractivity contribution >= 4 is 11.8 Å². The third-order valence-electron chi connectivity index (χ3n) is 3.71. The van der Waals surface area contributed by atoms with E-state index in [1.54, 1.807) is 20.8 Å². The molecule has 0 spiro atoms. The summed E-state index contributed by atoms with van der Waals surface area (Å²) in [6, 6.07) is 0. The summed E-state index contributed by atoms with van der Waals surface area (Å²) >= 11 is 0. The molecule has 5 nitrogen and oxygen atoms in total. The van der Waals surface area contributed by atoms with Crippen LogP contribution in [0.1, 0.15) is 40.5 Å². The maximum Gasteiger partial charge on any atom is 0.319 e. The van der Waals surface area contributed by atoms with Gasteiger partial charge in [0.15, 0.2) is 5.78 Å². The highest BCUT2D eigenvalue weighted by atomic mass is 16.5. The predicted molar refractivity (Wildman–Crippen MR) is 76.5 cm³/mol. The van der Waals surface area contributed by atoms with Crippen LogP contribution in [-0.2, 0) is 19.1 Å². The van der Waals surface area contributed by atoms with Gasteiger partial charge in [0.25, 0.3) is 0 Å². The van der Waals surface area contributed by atoms with E-state index in [9.17, 15) is 9.59 Å². The fourth-order valence-electron chi connectivity index (χ4n) is 2.35. The van der Waals surface area contributed by atoms with Crippen LogP contribution in [0.3, 0.4) is 0 Å². The van der Waals surface area contributed by atoms with E-state index >= 15 is 0 Å². The van der Waals surface area contributed by atoms with Gasteiger partial charge in [0, 0.05) is 13.2 Å². The molecule has 1 fully saturated rings. The average molecular weight is 285 g/mol. The predicted octanol–water partition coefficient (Wildman–Crippen LogP) is 1.65. The number of ketones is 1. The van der Waals surface area contributed by atoms with E-state index in [1.807, 2.05) is 6.92 Å². The van der Waals surface area contributed by atoms with Crippen molar-refractivity contribution in [2.45, 2.75) is 46.6 Å². The maximum absolute atomic E-state index is 12.3. The van der Waals surface area contributed by atoms with Crippen LogP contribution < -0.4 is 0 Å². The lowest BCUT2D eigenvalue weighted by molar-refractivity contribution is -0.158. The van der Waals surface area contributed by atoms with Gasteiger partial charge in [-0.25, -0.2) is 0 Å². The van der Waals surface area contributed by atoms with Crippen LogP contribution in [-0.4, -0.2) is 55.6 Å². The SMILES string of the molecule is CCOC(=O)C(C)(C)C(=O)CN1CCCC(OCC)C1. The summed E-state index contributed by atoms with van der Waals surface area (Å²) in [6.45, 7) is 9.92. The fourth-order valence-corrected chi connectivity index (χ4v) is 2.35. The monoisotopic (exact) mass is 285 g/mol. The number of carbonyl (C=O) groups is 2. The first-order chi connectivity index (χ1) is 9.41. The standard InChI is InChI=1S/C15H27NO4/c1-5-19-12-8-7-9-16(10-12)11-13(17)15(3,4)14(18)20-6-2/h12H,5-11H2,1-4H3. The molecule has 1 rings (SSSR count). The van der Waals surface area contributed by atoms with Crippen LogP contribution in [0, 0.1) is 5.41 Å². The molecule has 0 aromatic heterocycles. The van der Waals surface area contributed by atoms with Crippen LogP contribution in [0.2, 0.25) is 0 Å². The number of hydrogen-bond donors (Lipinski definition) is 0. The average Bonchev–Trinajstić information content (AvgIpc) is 2.39. The van der Waals surface area contributed by atoms with Gasteiger partial charge < -0.3 is 9.47 Å². The summed E-state index contributed by atoms with van der Waals surface area (Å²) in [5.41, 5.74) is -1.07. The molecule has 1 heterocycles. The third-order valence-corrected chi connectivity index (χ3v) is 3.71. The molecule has 0 aromatic carbocycles. The highest BCUT2D eigenvalue weighted by molar-refractivity contribution is 6.03. The molecular formula is C15H27NO4. The molecule has 0 aliphatic carbocycles. The van der Waals surface area contributed by atoms with Crippen LogP contribution in [0.5, 0.6) is 0 Å². The molecule has 0 N–H and O–H groups in total. The molecule has 1 atom stereocenters. The fraction of sp³-hybridized carbons (Fsp3) is 0.867. The molecule has 116 valence electrons. The van der Waals surface area contributed by atoms with Crippen molar-refractivity contribution in [1.29, 1.82) is 0 Å². The lowest BCUT2D eigenvalue weighted by Crippen LogP contribution is -2.47. The van der Waals surface area contributed by atoms with Crippen molar-refractivity contribution in [2.24, 2.45) is 5.41 Å². The zero-order valence-electron chi connectivity index (χ0n) is 13.1. The topological polar surface area (TPSA) is 55.8 Å². The van der Waals surface area contributed by atoms with E-state index in [4.69, 9.17) is 9.47 Å². The highest BCUT2D eigenvalue weighted by Crippen LogP contribution is 2.21. The number of hydrogen-bond acceptors (Lipinski definition) is 5. The summed E-state index contributed by atoms with van der Waals surface area (Å²) in [7, 11) is 0. The Morgan fingerprint density at radius 3 is 2.55 bits per heavy atom. The second-order valence-corrected chi connectivity index (χ2v) is 5.72. The zero-order chi connectivity index (χ0) is 15.2. The van der Waals surface area contributed by atoms with Gasteiger partial charge in [-0.15, -0.1) is 0 Å². The van der Waals surface area contributed by atoms with E-state index in [-0.39, 0.29) is 18.4 Å². The Kier molecular flexibility index (Phi) is 6.62. The number of rotatable bonds is 7. The number of nitrogens with zero attached hydrogens (tertiary/aromatic N) is 1. The lowest BCUT2D eigenvalue weighted by Gasteiger charge is -2.33. The van der Waals surface area contributed by atoms with Crippen molar-refractivity contribution < 1.29 is 19.1 Å². The summed E-state index contributed by atoms with van der Waals surface area (Å²) in [5, 5.41) is 0. The van der Waals surface area contributed by atoms with Crippen molar-refractivity contribution in [3.63, 3.8) is 0 Å². The van der Waals surface area contributed by atoms with Gasteiger partial charge in [-0.2, -0.15) is 0 Å². The smallest absolute Gasteiger partial charge is 0.319 e. The Balaban J connectivity index is 2.54. The molecule has 0 saturated carbocycles. The molecule has 0 amide bonds. The van der Waals surface area contributed by atoms with Crippen LogP contribution in [0.15, 0.2) is 0 Å². The van der Waals surface area contributed by atoms with Gasteiger partial charge in [-0.3, -0.25) is 14.5 Å². The molecule has 1 saturated heterocycles. The molecule has 0 radical (unpaired) electrons. The molecule has 5 heteroatoms. The lowest BCUT2D eigenvalue weighted by atomic mass is 9.87. The minimum atomic E-state index is -1.07. The Bertz CT molecular complexity index is 339. The molecule has 1 unspecified atom stereocenters. The number of Topliss-reactive ketones (excluding diaryl/α,β-unsaturated/α-hetero) is 1. The third kappa shape index (κ3) is 4.56. The second-order valence-electron chi connectivity index (χ2n) is 5.72. The Hall–Kier alpha value is -0.940. The first-order valence-corrected chi connectivity index (χ1v) is 7.46. The van der Waals surface area contributed by atoms with Crippen molar-refractivity contribution in [2.75, 3.05) is 32.8 Å². The largest absolute Gasteiger partial charge is 0.465 e. The van der Waals surface area contributed by atoms with E-state index in [0.717, 1.165) is 25.9 Å². The van der Waals surface area contributed by atoms with Crippen molar-refractivity contribution in [3.8, 4) is 0 Å². The van der Waals surface area contributed by atoms with E-state index in [0.29, 0.717) is 13.2 Å². The Labute approximate surface area is 121 Å². The van der Waals surface area contributed by atoms with Crippen LogP contribution in [0.4, 0.5) is 0 Å². The summed E-state index contributed by atoms with van der Waals surface area (Å²) < 4.78 is 10.6. The molecular weight excluding hydrogens is 258 g/mol. The van der Waals surface area contributed by atoms with Crippen molar-refractivity contribution in [1.82, 2.24) is 4.90 Å². The minimum absolute atomic E-state index is 0.0897. The molecule has 0 bridgehead atoms. The van der Waals surface area contributed by atoms with Gasteiger partial charge in [0.1, 0.15) is 5.41 Å². The Morgan fingerprint density at radius 2 is 1.95 bits per heavy atom. The van der Waals surface area contributed by atoms with Gasteiger partial charge in [-0.05, 0) is 47.1 Å². The highest BCUT2D eigenvalue weighted by Gasteiger charge is 2.38. The first-order valence-electron chi connectivity index (χ1n) is 7.46. The summed E-state index contributed by atoms with van der Waals surface area (Å²) in [5.74, 6) is -0.531. The van der Waals surface area contributed by atoms with Crippen LogP contribution in [0.25, 0.3) is 0 Å². The van der Waals surface area contributed by atoms with Crippen molar-refractivity contribution in [3.05, 3.63) is 0 Å². The van der Waals surface area contributed by atoms with Gasteiger partial charge in [0.2, 0.25) is 0 Å². The Morgan fingerprint density at radius 1 is 1.25 bits per heavy atom. The van der Waals surface area contributed by atoms with Gasteiger partial charge in [0.05, 0.1) is 19.3 Å². The second kappa shape index (κ2) is 7.74. The number of likely N-dealkylation sites (tertiary alicyclic amines) is 1. The van der Waals surface area contributed by atoms with E-state index < -0.39 is 11.4 Å². The normalized spacial score (nSPS) is 20.7. The zero-order valence-corrected chi connectivity index (χ0v) is 13.1. The van der Waals surface area contributed by atoms with Gasteiger partial charge in [-0.1, -0.05) is 0 Å². The van der Waals surface area contributed by atoms with E-state index in [2.05, 4.69) is 4.90 Å². The maximum atomic E-state index is 12.3. The van der Waals surface area contributed by atoms with Gasteiger partial charge >= 0.3 is 5.97 Å². The molecule has 0 aromatic rings. The summed E-state index contributed by atoms with van der Waals surface area (Å²) in [4.78, 5) is 26.2. The number of carbonyl (C=O) groups excluding carboxylic acids is 2. The number of esters is 1. The number of ether oxygens (including phenoxy) is 2. The number of piperidine rings is 1. The van der Waals surface area contributed by atoms with E-state index in [1.165, 1.54) is 0 Å². The first kappa shape index (κ1) is 17.1. The molecule has 1 aliphatic rings. The summed E-state index contributed by atoms with van der Waals surface area (Å²) in [6.07, 6.45) is 2.27. The molecule has 1 aliphatic heterocycles. The minimum Gasteiger partial charge on any atom is -0.465 e.